The molecule has 0 saturated heterocycles. The molecule has 0 aromatic heterocycles. The van der Waals surface area contributed by atoms with Crippen molar-refractivity contribution in [2.75, 3.05) is 6.61 Å². The number of ether oxygens (including phenoxy) is 1. The van der Waals surface area contributed by atoms with Gasteiger partial charge in [0.1, 0.15) is 11.6 Å². The molecule has 0 fully saturated rings. The van der Waals surface area contributed by atoms with E-state index in [1.165, 1.54) is 6.07 Å². The molecule has 0 bridgehead atoms. The second kappa shape index (κ2) is 5.62. The van der Waals surface area contributed by atoms with E-state index in [-0.39, 0.29) is 23.1 Å². The number of benzene rings is 1. The van der Waals surface area contributed by atoms with E-state index in [0.717, 1.165) is 12.5 Å². The fourth-order valence-corrected chi connectivity index (χ4v) is 1.31. The van der Waals surface area contributed by atoms with Crippen LogP contribution in [0.1, 0.15) is 23.7 Å². The minimum Gasteiger partial charge on any atom is -0.494 e. The van der Waals surface area contributed by atoms with Crippen molar-refractivity contribution in [2.24, 2.45) is 0 Å². The van der Waals surface area contributed by atoms with Gasteiger partial charge >= 0.3 is 7.12 Å². The highest BCUT2D eigenvalue weighted by atomic mass is 19.1. The number of rotatable bonds is 5. The first kappa shape index (κ1) is 12.7. The van der Waals surface area contributed by atoms with E-state index in [1.807, 2.05) is 6.92 Å². The molecule has 16 heavy (non-hydrogen) atoms. The number of carbonyl (C=O) groups is 1. The standard InChI is InChI=1S/C10H12BFO4/c1-2-5-16-9-4-3-8(12)7(6-13)10(9)11(14)15/h3-4,6,14-15H,2,5H2,1H3. The molecule has 2 N–H and O–H groups in total. The predicted octanol–water partition coefficient (Wildman–Crippen LogP) is 0.107. The van der Waals surface area contributed by atoms with E-state index in [0.29, 0.717) is 6.61 Å². The van der Waals surface area contributed by atoms with E-state index in [1.54, 1.807) is 0 Å². The minimum atomic E-state index is -1.94. The van der Waals surface area contributed by atoms with Gasteiger partial charge in [0.15, 0.2) is 6.29 Å². The second-order valence-corrected chi connectivity index (χ2v) is 3.21. The van der Waals surface area contributed by atoms with Crippen molar-refractivity contribution in [2.45, 2.75) is 13.3 Å². The van der Waals surface area contributed by atoms with Crippen LogP contribution in [0.5, 0.6) is 5.75 Å². The van der Waals surface area contributed by atoms with Crippen molar-refractivity contribution < 1.29 is 24.0 Å². The molecule has 0 amide bonds. The Hall–Kier alpha value is -1.40. The highest BCUT2D eigenvalue weighted by molar-refractivity contribution is 6.61. The molecule has 4 nitrogen and oxygen atoms in total. The average molecular weight is 226 g/mol. The average Bonchev–Trinajstić information content (AvgIpc) is 2.26. The third-order valence-electron chi connectivity index (χ3n) is 2.03. The van der Waals surface area contributed by atoms with Crippen LogP contribution in [0.25, 0.3) is 0 Å². The smallest absolute Gasteiger partial charge is 0.493 e. The topological polar surface area (TPSA) is 66.8 Å². The van der Waals surface area contributed by atoms with Gasteiger partial charge in [-0.25, -0.2) is 4.39 Å². The summed E-state index contributed by atoms with van der Waals surface area (Å²) in [5.41, 5.74) is -0.618. The van der Waals surface area contributed by atoms with Crippen molar-refractivity contribution in [1.29, 1.82) is 0 Å². The maximum atomic E-state index is 13.2. The number of aldehydes is 1. The van der Waals surface area contributed by atoms with Crippen LogP contribution >= 0.6 is 0 Å². The van der Waals surface area contributed by atoms with Crippen molar-refractivity contribution in [3.8, 4) is 5.75 Å². The van der Waals surface area contributed by atoms with Crippen molar-refractivity contribution in [3.63, 3.8) is 0 Å². The monoisotopic (exact) mass is 226 g/mol. The van der Waals surface area contributed by atoms with E-state index in [9.17, 15) is 9.18 Å². The van der Waals surface area contributed by atoms with Crippen LogP contribution in [0.2, 0.25) is 0 Å². The lowest BCUT2D eigenvalue weighted by Crippen LogP contribution is -2.35. The van der Waals surface area contributed by atoms with Gasteiger partial charge in [-0.05, 0) is 18.6 Å². The maximum Gasteiger partial charge on any atom is 0.493 e. The summed E-state index contributed by atoms with van der Waals surface area (Å²) in [7, 11) is -1.94. The summed E-state index contributed by atoms with van der Waals surface area (Å²) in [6.07, 6.45) is 0.956. The maximum absolute atomic E-state index is 13.2. The van der Waals surface area contributed by atoms with Gasteiger partial charge in [-0.2, -0.15) is 0 Å². The summed E-state index contributed by atoms with van der Waals surface area (Å²) < 4.78 is 18.4. The zero-order chi connectivity index (χ0) is 12.1. The van der Waals surface area contributed by atoms with Gasteiger partial charge in [0.25, 0.3) is 0 Å². The first-order valence-electron chi connectivity index (χ1n) is 4.88. The molecule has 1 aromatic rings. The molecule has 0 saturated carbocycles. The predicted molar refractivity (Wildman–Crippen MR) is 57.4 cm³/mol. The third kappa shape index (κ3) is 2.59. The molecule has 0 aliphatic heterocycles. The zero-order valence-electron chi connectivity index (χ0n) is 8.81. The molecule has 0 radical (unpaired) electrons. The Morgan fingerprint density at radius 3 is 2.69 bits per heavy atom. The lowest BCUT2D eigenvalue weighted by Gasteiger charge is -2.12. The van der Waals surface area contributed by atoms with Gasteiger partial charge in [0, 0.05) is 5.46 Å². The number of hydrogen-bond acceptors (Lipinski definition) is 4. The Morgan fingerprint density at radius 2 is 2.19 bits per heavy atom. The van der Waals surface area contributed by atoms with Crippen LogP contribution in [0.15, 0.2) is 12.1 Å². The third-order valence-corrected chi connectivity index (χ3v) is 2.03. The fraction of sp³-hybridized carbons (Fsp3) is 0.300. The lowest BCUT2D eigenvalue weighted by atomic mass is 9.76. The normalized spacial score (nSPS) is 10.0. The molecule has 0 aliphatic rings. The fourth-order valence-electron chi connectivity index (χ4n) is 1.31. The number of hydrogen-bond donors (Lipinski definition) is 2. The largest absolute Gasteiger partial charge is 0.494 e. The van der Waals surface area contributed by atoms with Crippen molar-refractivity contribution >= 4 is 18.9 Å². The molecule has 86 valence electrons. The first-order chi connectivity index (χ1) is 7.61. The Bertz CT molecular complexity index is 381. The Balaban J connectivity index is 3.21. The van der Waals surface area contributed by atoms with Gasteiger partial charge in [-0.15, -0.1) is 0 Å². The molecule has 0 unspecified atom stereocenters. The quantitative estimate of drug-likeness (QED) is 0.552. The zero-order valence-corrected chi connectivity index (χ0v) is 8.81. The molecule has 0 aliphatic carbocycles. The number of halogens is 1. The molecule has 0 atom stereocenters. The van der Waals surface area contributed by atoms with Gasteiger partial charge in [0.2, 0.25) is 0 Å². The molecule has 0 spiro atoms. The molecule has 1 aromatic carbocycles. The van der Waals surface area contributed by atoms with Crippen LogP contribution in [-0.2, 0) is 0 Å². The van der Waals surface area contributed by atoms with Gasteiger partial charge in [-0.3, -0.25) is 4.79 Å². The Labute approximate surface area is 92.8 Å². The second-order valence-electron chi connectivity index (χ2n) is 3.21. The summed E-state index contributed by atoms with van der Waals surface area (Å²) in [5.74, 6) is -0.692. The molecule has 1 rings (SSSR count). The van der Waals surface area contributed by atoms with Crippen LogP contribution in [0.4, 0.5) is 4.39 Å². The summed E-state index contributed by atoms with van der Waals surface area (Å²) in [6.45, 7) is 2.23. The highest BCUT2D eigenvalue weighted by Crippen LogP contribution is 2.14. The van der Waals surface area contributed by atoms with E-state index >= 15 is 0 Å². The number of carbonyl (C=O) groups excluding carboxylic acids is 1. The highest BCUT2D eigenvalue weighted by Gasteiger charge is 2.24. The SMILES string of the molecule is CCCOc1ccc(F)c(C=O)c1B(O)O. The van der Waals surface area contributed by atoms with Crippen molar-refractivity contribution in [1.82, 2.24) is 0 Å². The van der Waals surface area contributed by atoms with E-state index in [4.69, 9.17) is 14.8 Å². The summed E-state index contributed by atoms with van der Waals surface area (Å²) in [6, 6.07) is 2.33. The Kier molecular flexibility index (Phi) is 4.45. The summed E-state index contributed by atoms with van der Waals surface area (Å²) >= 11 is 0. The van der Waals surface area contributed by atoms with Gasteiger partial charge in [0.05, 0.1) is 12.2 Å². The van der Waals surface area contributed by atoms with E-state index in [2.05, 4.69) is 0 Å². The van der Waals surface area contributed by atoms with E-state index < -0.39 is 12.9 Å². The van der Waals surface area contributed by atoms with Crippen LogP contribution in [0, 0.1) is 5.82 Å². The van der Waals surface area contributed by atoms with Crippen LogP contribution in [0.3, 0.4) is 0 Å². The molecular weight excluding hydrogens is 214 g/mol. The molecular formula is C10H12BFO4. The van der Waals surface area contributed by atoms with Crippen molar-refractivity contribution in [3.05, 3.63) is 23.5 Å². The van der Waals surface area contributed by atoms with Gasteiger partial charge in [-0.1, -0.05) is 6.92 Å². The molecule has 0 heterocycles. The summed E-state index contributed by atoms with van der Waals surface area (Å²) in [4.78, 5) is 10.7. The van der Waals surface area contributed by atoms with Crippen LogP contribution in [-0.4, -0.2) is 30.1 Å². The minimum absolute atomic E-state index is 0.111. The molecule has 6 heteroatoms. The summed E-state index contributed by atoms with van der Waals surface area (Å²) in [5, 5.41) is 18.2. The first-order valence-corrected chi connectivity index (χ1v) is 4.88. The Morgan fingerprint density at radius 1 is 1.50 bits per heavy atom. The van der Waals surface area contributed by atoms with Gasteiger partial charge < -0.3 is 14.8 Å². The lowest BCUT2D eigenvalue weighted by molar-refractivity contribution is 0.112. The van der Waals surface area contributed by atoms with Crippen LogP contribution < -0.4 is 10.2 Å².